The third kappa shape index (κ3) is 2.22. The molecule has 1 saturated heterocycles. The zero-order valence-electron chi connectivity index (χ0n) is 9.67. The lowest BCUT2D eigenvalue weighted by Crippen LogP contribution is -2.24. The topological polar surface area (TPSA) is 76.3 Å². The lowest BCUT2D eigenvalue weighted by Gasteiger charge is -2.06. The van der Waals surface area contributed by atoms with Crippen LogP contribution < -0.4 is 4.90 Å². The molecule has 2 heterocycles. The van der Waals surface area contributed by atoms with E-state index in [0.717, 1.165) is 0 Å². The van der Waals surface area contributed by atoms with Gasteiger partial charge in [-0.05, 0) is 24.3 Å². The number of amides is 1. The highest BCUT2D eigenvalue weighted by Gasteiger charge is 2.32. The zero-order valence-corrected chi connectivity index (χ0v) is 10.4. The van der Waals surface area contributed by atoms with Gasteiger partial charge in [-0.2, -0.15) is 0 Å². The lowest BCUT2D eigenvalue weighted by atomic mass is 10.2. The van der Waals surface area contributed by atoms with Crippen molar-refractivity contribution in [1.82, 2.24) is 10.2 Å². The lowest BCUT2D eigenvalue weighted by molar-refractivity contribution is -0.121. The summed E-state index contributed by atoms with van der Waals surface area (Å²) in [5, 5.41) is 8.24. The van der Waals surface area contributed by atoms with E-state index in [9.17, 15) is 9.59 Å². The molecule has 1 aromatic heterocycles. The van der Waals surface area contributed by atoms with Crippen molar-refractivity contribution >= 4 is 29.3 Å². The van der Waals surface area contributed by atoms with Crippen LogP contribution in [-0.4, -0.2) is 28.4 Å². The second-order valence-electron chi connectivity index (χ2n) is 4.09. The van der Waals surface area contributed by atoms with Crippen molar-refractivity contribution in [2.24, 2.45) is 0 Å². The Kier molecular flexibility index (Phi) is 2.79. The Morgan fingerprint density at radius 1 is 1.16 bits per heavy atom. The third-order valence-electron chi connectivity index (χ3n) is 2.72. The van der Waals surface area contributed by atoms with Crippen LogP contribution in [0.4, 0.5) is 6.01 Å². The molecule has 19 heavy (non-hydrogen) atoms. The number of nitrogens with zero attached hydrogens (tertiary/aromatic N) is 3. The molecule has 6 nitrogen and oxygen atoms in total. The number of carbonyl (C=O) groups is 2. The molecule has 1 aromatic carbocycles. The Hall–Kier alpha value is -2.21. The number of Topliss-reactive ketones (excluding diaryl/α,β-unsaturated/α-hetero) is 1. The van der Waals surface area contributed by atoms with Crippen molar-refractivity contribution < 1.29 is 14.0 Å². The summed E-state index contributed by atoms with van der Waals surface area (Å²) in [7, 11) is 0. The molecule has 7 heteroatoms. The first kappa shape index (κ1) is 11.9. The quantitative estimate of drug-likeness (QED) is 0.781. The predicted molar refractivity (Wildman–Crippen MR) is 66.7 cm³/mol. The van der Waals surface area contributed by atoms with Crippen LogP contribution in [0.2, 0.25) is 5.02 Å². The molecule has 0 bridgehead atoms. The van der Waals surface area contributed by atoms with Gasteiger partial charge in [0, 0.05) is 10.6 Å². The highest BCUT2D eigenvalue weighted by molar-refractivity contribution is 6.30. The van der Waals surface area contributed by atoms with Gasteiger partial charge >= 0.3 is 6.01 Å². The molecule has 0 spiro atoms. The van der Waals surface area contributed by atoms with Gasteiger partial charge in [0.15, 0.2) is 5.78 Å². The van der Waals surface area contributed by atoms with Gasteiger partial charge in [0.25, 0.3) is 0 Å². The molecule has 0 saturated carbocycles. The molecule has 3 rings (SSSR count). The summed E-state index contributed by atoms with van der Waals surface area (Å²) in [6.45, 7) is -0.0128. The first-order valence-corrected chi connectivity index (χ1v) is 5.93. The number of halogens is 1. The van der Waals surface area contributed by atoms with Gasteiger partial charge in [0.1, 0.15) is 0 Å². The molecule has 0 radical (unpaired) electrons. The molecule has 1 amide bonds. The number of hydrogen-bond donors (Lipinski definition) is 0. The summed E-state index contributed by atoms with van der Waals surface area (Å²) in [5.74, 6) is -0.202. The summed E-state index contributed by atoms with van der Waals surface area (Å²) in [6.07, 6.45) is -0.112. The van der Waals surface area contributed by atoms with Gasteiger partial charge in [-0.1, -0.05) is 16.7 Å². The summed E-state index contributed by atoms with van der Waals surface area (Å²) >= 11 is 5.79. The normalized spacial score (nSPS) is 15.3. The molecule has 0 N–H and O–H groups in total. The van der Waals surface area contributed by atoms with E-state index in [-0.39, 0.29) is 36.6 Å². The van der Waals surface area contributed by atoms with E-state index >= 15 is 0 Å². The minimum Gasteiger partial charge on any atom is -0.403 e. The molecule has 1 aliphatic heterocycles. The van der Waals surface area contributed by atoms with E-state index in [1.165, 1.54) is 4.90 Å². The standard InChI is InChI=1S/C12H8ClN3O3/c13-8-3-1-7(2-4-8)11-14-15-12(19-11)16-6-9(17)5-10(16)18/h1-4H,5-6H2. The van der Waals surface area contributed by atoms with Crippen LogP contribution in [-0.2, 0) is 9.59 Å². The summed E-state index contributed by atoms with van der Waals surface area (Å²) in [5.41, 5.74) is 0.695. The number of anilines is 1. The van der Waals surface area contributed by atoms with E-state index in [1.807, 2.05) is 0 Å². The van der Waals surface area contributed by atoms with E-state index in [2.05, 4.69) is 10.2 Å². The van der Waals surface area contributed by atoms with Crippen molar-refractivity contribution in [2.75, 3.05) is 11.4 Å². The van der Waals surface area contributed by atoms with Crippen LogP contribution in [0.3, 0.4) is 0 Å². The first-order valence-electron chi connectivity index (χ1n) is 5.55. The van der Waals surface area contributed by atoms with Crippen molar-refractivity contribution in [1.29, 1.82) is 0 Å². The number of carbonyl (C=O) groups excluding carboxylic acids is 2. The second-order valence-corrected chi connectivity index (χ2v) is 4.53. The monoisotopic (exact) mass is 277 g/mol. The van der Waals surface area contributed by atoms with Crippen LogP contribution in [0.15, 0.2) is 28.7 Å². The summed E-state index contributed by atoms with van der Waals surface area (Å²) < 4.78 is 5.40. The van der Waals surface area contributed by atoms with Crippen molar-refractivity contribution in [2.45, 2.75) is 6.42 Å². The van der Waals surface area contributed by atoms with E-state index < -0.39 is 0 Å². The average Bonchev–Trinajstić information content (AvgIpc) is 2.97. The maximum Gasteiger partial charge on any atom is 0.325 e. The Balaban J connectivity index is 1.89. The molecule has 2 aromatic rings. The largest absolute Gasteiger partial charge is 0.403 e. The van der Waals surface area contributed by atoms with Gasteiger partial charge in [-0.3, -0.25) is 14.5 Å². The molecule has 0 atom stereocenters. The van der Waals surface area contributed by atoms with Gasteiger partial charge in [0.05, 0.1) is 13.0 Å². The van der Waals surface area contributed by atoms with E-state index in [4.69, 9.17) is 16.0 Å². The van der Waals surface area contributed by atoms with E-state index in [1.54, 1.807) is 24.3 Å². The molecule has 0 aliphatic carbocycles. The van der Waals surface area contributed by atoms with Crippen LogP contribution in [0, 0.1) is 0 Å². The fourth-order valence-electron chi connectivity index (χ4n) is 1.79. The maximum absolute atomic E-state index is 11.5. The van der Waals surface area contributed by atoms with Crippen LogP contribution in [0.1, 0.15) is 6.42 Å². The SMILES string of the molecule is O=C1CC(=O)N(c2nnc(-c3ccc(Cl)cc3)o2)C1. The molecular formula is C12H8ClN3O3. The minimum atomic E-state index is -0.323. The number of hydrogen-bond acceptors (Lipinski definition) is 5. The Morgan fingerprint density at radius 2 is 1.89 bits per heavy atom. The van der Waals surface area contributed by atoms with Gasteiger partial charge in [-0.25, -0.2) is 0 Å². The molecular weight excluding hydrogens is 270 g/mol. The van der Waals surface area contributed by atoms with Crippen LogP contribution >= 0.6 is 11.6 Å². The fourth-order valence-corrected chi connectivity index (χ4v) is 1.92. The number of rotatable bonds is 2. The van der Waals surface area contributed by atoms with Gasteiger partial charge < -0.3 is 4.42 Å². The molecule has 1 aliphatic rings. The van der Waals surface area contributed by atoms with Crippen LogP contribution in [0.5, 0.6) is 0 Å². The molecule has 1 fully saturated rings. The van der Waals surface area contributed by atoms with Gasteiger partial charge in [-0.15, -0.1) is 5.10 Å². The number of benzene rings is 1. The van der Waals surface area contributed by atoms with Crippen LogP contribution in [0.25, 0.3) is 11.5 Å². The Bertz CT molecular complexity index is 650. The fraction of sp³-hybridized carbons (Fsp3) is 0.167. The third-order valence-corrected chi connectivity index (χ3v) is 2.97. The van der Waals surface area contributed by atoms with Crippen molar-refractivity contribution in [3.05, 3.63) is 29.3 Å². The minimum absolute atomic E-state index is 0.0128. The Labute approximate surface area is 113 Å². The molecule has 0 unspecified atom stereocenters. The maximum atomic E-state index is 11.5. The van der Waals surface area contributed by atoms with E-state index in [0.29, 0.717) is 10.6 Å². The summed E-state index contributed by atoms with van der Waals surface area (Å²) in [6, 6.07) is 6.91. The summed E-state index contributed by atoms with van der Waals surface area (Å²) in [4.78, 5) is 23.9. The highest BCUT2D eigenvalue weighted by Crippen LogP contribution is 2.25. The van der Waals surface area contributed by atoms with Crippen molar-refractivity contribution in [3.63, 3.8) is 0 Å². The average molecular weight is 278 g/mol. The number of ketones is 1. The molecule has 96 valence electrons. The number of aromatic nitrogens is 2. The predicted octanol–water partition coefficient (Wildman–Crippen LogP) is 1.70. The van der Waals surface area contributed by atoms with Gasteiger partial charge in [0.2, 0.25) is 11.8 Å². The Morgan fingerprint density at radius 3 is 2.53 bits per heavy atom. The highest BCUT2D eigenvalue weighted by atomic mass is 35.5. The second kappa shape index (κ2) is 4.47. The smallest absolute Gasteiger partial charge is 0.325 e. The first-order chi connectivity index (χ1) is 9.13. The van der Waals surface area contributed by atoms with Crippen molar-refractivity contribution in [3.8, 4) is 11.5 Å². The zero-order chi connectivity index (χ0) is 13.4.